The summed E-state index contributed by atoms with van der Waals surface area (Å²) in [5.41, 5.74) is 1.08. The number of hydrogen-bond donors (Lipinski definition) is 0. The highest BCUT2D eigenvalue weighted by Crippen LogP contribution is 2.25. The van der Waals surface area contributed by atoms with Gasteiger partial charge in [-0.15, -0.1) is 0 Å². The molecular formula is C25H30ClN3O6S2. The second-order valence-corrected chi connectivity index (χ2v) is 13.1. The largest absolute Gasteiger partial charge is 0.383 e. The van der Waals surface area contributed by atoms with E-state index in [0.29, 0.717) is 22.9 Å². The van der Waals surface area contributed by atoms with Crippen LogP contribution in [0.2, 0.25) is 5.02 Å². The molecule has 1 fully saturated rings. The monoisotopic (exact) mass is 567 g/mol. The third-order valence-electron chi connectivity index (χ3n) is 6.12. The van der Waals surface area contributed by atoms with E-state index >= 15 is 0 Å². The second kappa shape index (κ2) is 12.1. The zero-order chi connectivity index (χ0) is 26.5. The molecule has 4 rings (SSSR count). The fraction of sp³-hybridized carbons (Fsp3) is 0.400. The van der Waals surface area contributed by atoms with Crippen molar-refractivity contribution in [2.24, 2.45) is 0 Å². The molecule has 0 amide bonds. The molecule has 1 unspecified atom stereocenters. The van der Waals surface area contributed by atoms with Gasteiger partial charge in [0, 0.05) is 31.8 Å². The molecule has 1 aliphatic heterocycles. The molecule has 0 radical (unpaired) electrons. The van der Waals surface area contributed by atoms with E-state index in [-0.39, 0.29) is 48.1 Å². The Balaban J connectivity index is 1.69. The lowest BCUT2D eigenvalue weighted by Crippen LogP contribution is -2.37. The second-order valence-electron chi connectivity index (χ2n) is 8.81. The van der Waals surface area contributed by atoms with E-state index in [0.717, 1.165) is 12.8 Å². The molecule has 200 valence electrons. The average molecular weight is 568 g/mol. The standard InChI is InChI=1S/C25H30ClN3O6S2/c1-34-15-13-29-22(16-27-25(29)36(30,31)19-20-6-3-2-4-7-20)17-28(18-23-8-5-14-35-23)37(32,33)24-11-9-21(26)10-12-24/h2-4,6-7,9-12,16,23H,5,8,13-15,17-19H2,1H3. The Kier molecular flexibility index (Phi) is 9.04. The van der Waals surface area contributed by atoms with Gasteiger partial charge in [-0.05, 0) is 42.7 Å². The van der Waals surface area contributed by atoms with Crippen LogP contribution in [0.5, 0.6) is 0 Å². The maximum atomic E-state index is 13.7. The number of methoxy groups -OCH3 is 1. The topological polar surface area (TPSA) is 108 Å². The van der Waals surface area contributed by atoms with Crippen LogP contribution >= 0.6 is 11.6 Å². The molecule has 12 heteroatoms. The van der Waals surface area contributed by atoms with Gasteiger partial charge in [0.25, 0.3) is 0 Å². The molecule has 0 aliphatic carbocycles. The van der Waals surface area contributed by atoms with E-state index in [1.165, 1.54) is 46.4 Å². The Hall–Kier alpha value is -2.28. The maximum Gasteiger partial charge on any atom is 0.243 e. The summed E-state index contributed by atoms with van der Waals surface area (Å²) in [6, 6.07) is 14.8. The molecule has 37 heavy (non-hydrogen) atoms. The summed E-state index contributed by atoms with van der Waals surface area (Å²) in [5, 5.41) is 0.305. The van der Waals surface area contributed by atoms with Crippen LogP contribution in [0, 0.1) is 0 Å². The minimum atomic E-state index is -3.94. The number of aromatic nitrogens is 2. The summed E-state index contributed by atoms with van der Waals surface area (Å²) in [6.45, 7) is 1.05. The number of imidazole rings is 1. The van der Waals surface area contributed by atoms with Crippen LogP contribution in [0.3, 0.4) is 0 Å². The van der Waals surface area contributed by atoms with E-state index in [2.05, 4.69) is 4.98 Å². The van der Waals surface area contributed by atoms with Gasteiger partial charge >= 0.3 is 0 Å². The van der Waals surface area contributed by atoms with E-state index in [1.54, 1.807) is 24.3 Å². The molecule has 0 spiro atoms. The van der Waals surface area contributed by atoms with Crippen molar-refractivity contribution in [1.29, 1.82) is 0 Å². The first-order valence-corrected chi connectivity index (χ1v) is 15.3. The smallest absolute Gasteiger partial charge is 0.243 e. The van der Waals surface area contributed by atoms with Crippen LogP contribution in [-0.2, 0) is 48.2 Å². The molecule has 9 nitrogen and oxygen atoms in total. The number of hydrogen-bond acceptors (Lipinski definition) is 7. The molecule has 1 saturated heterocycles. The van der Waals surface area contributed by atoms with Crippen LogP contribution in [0.25, 0.3) is 0 Å². The van der Waals surface area contributed by atoms with Crippen molar-refractivity contribution in [2.75, 3.05) is 26.9 Å². The number of halogens is 1. The number of ether oxygens (including phenoxy) is 2. The van der Waals surface area contributed by atoms with Gasteiger partial charge in [-0.3, -0.25) is 0 Å². The Bertz CT molecular complexity index is 1390. The molecule has 1 aromatic heterocycles. The van der Waals surface area contributed by atoms with Gasteiger partial charge in [-0.25, -0.2) is 21.8 Å². The molecular weight excluding hydrogens is 538 g/mol. The van der Waals surface area contributed by atoms with Crippen LogP contribution in [0.4, 0.5) is 0 Å². The predicted octanol–water partition coefficient (Wildman–Crippen LogP) is 3.53. The number of rotatable bonds is 12. The highest BCUT2D eigenvalue weighted by molar-refractivity contribution is 7.90. The first-order chi connectivity index (χ1) is 17.7. The lowest BCUT2D eigenvalue weighted by molar-refractivity contribution is 0.0920. The van der Waals surface area contributed by atoms with Crippen molar-refractivity contribution in [3.05, 3.63) is 77.1 Å². The Morgan fingerprint density at radius 2 is 1.84 bits per heavy atom. The minimum Gasteiger partial charge on any atom is -0.383 e. The van der Waals surface area contributed by atoms with Gasteiger partial charge in [0.05, 0.1) is 41.8 Å². The van der Waals surface area contributed by atoms with Crippen LogP contribution in [0.15, 0.2) is 70.8 Å². The van der Waals surface area contributed by atoms with Gasteiger partial charge in [-0.1, -0.05) is 41.9 Å². The SMILES string of the molecule is COCCn1c(CN(CC2CCCO2)S(=O)(=O)c2ccc(Cl)cc2)cnc1S(=O)(=O)Cc1ccccc1. The fourth-order valence-corrected chi connectivity index (χ4v) is 7.33. The lowest BCUT2D eigenvalue weighted by Gasteiger charge is -2.25. The first kappa shape index (κ1) is 27.7. The van der Waals surface area contributed by atoms with E-state index in [4.69, 9.17) is 21.1 Å². The Labute approximate surface area is 223 Å². The van der Waals surface area contributed by atoms with Crippen molar-refractivity contribution < 1.29 is 26.3 Å². The number of sulfone groups is 1. The van der Waals surface area contributed by atoms with Crippen molar-refractivity contribution in [2.45, 2.75) is 47.8 Å². The van der Waals surface area contributed by atoms with E-state index in [9.17, 15) is 16.8 Å². The molecule has 1 atom stereocenters. The van der Waals surface area contributed by atoms with Crippen molar-refractivity contribution >= 4 is 31.5 Å². The normalized spacial score (nSPS) is 16.5. The van der Waals surface area contributed by atoms with Gasteiger partial charge in [0.1, 0.15) is 0 Å². The van der Waals surface area contributed by atoms with Crippen molar-refractivity contribution in [3.63, 3.8) is 0 Å². The van der Waals surface area contributed by atoms with Crippen LogP contribution in [-0.4, -0.2) is 63.7 Å². The van der Waals surface area contributed by atoms with Crippen LogP contribution in [0.1, 0.15) is 24.1 Å². The predicted molar refractivity (Wildman–Crippen MR) is 139 cm³/mol. The summed E-state index contributed by atoms with van der Waals surface area (Å²) >= 11 is 5.97. The summed E-state index contributed by atoms with van der Waals surface area (Å²) in [5.74, 6) is -0.222. The number of benzene rings is 2. The van der Waals surface area contributed by atoms with Gasteiger partial charge in [-0.2, -0.15) is 4.31 Å². The van der Waals surface area contributed by atoms with Crippen molar-refractivity contribution in [3.8, 4) is 0 Å². The Morgan fingerprint density at radius 3 is 2.49 bits per heavy atom. The van der Waals surface area contributed by atoms with E-state index < -0.39 is 19.9 Å². The number of nitrogens with zero attached hydrogens (tertiary/aromatic N) is 3. The molecule has 1 aliphatic rings. The summed E-state index contributed by atoms with van der Waals surface area (Å²) in [7, 11) is -6.24. The molecule has 2 heterocycles. The highest BCUT2D eigenvalue weighted by atomic mass is 35.5. The molecule has 0 saturated carbocycles. The Morgan fingerprint density at radius 1 is 1.11 bits per heavy atom. The quantitative estimate of drug-likeness (QED) is 0.329. The molecule has 2 aromatic carbocycles. The van der Waals surface area contributed by atoms with Crippen LogP contribution < -0.4 is 0 Å². The fourth-order valence-electron chi connectivity index (χ4n) is 4.25. The highest BCUT2D eigenvalue weighted by Gasteiger charge is 2.32. The third-order valence-corrected chi connectivity index (χ3v) is 9.79. The lowest BCUT2D eigenvalue weighted by atomic mass is 10.2. The summed E-state index contributed by atoms with van der Waals surface area (Å²) in [6.07, 6.45) is 2.77. The van der Waals surface area contributed by atoms with Gasteiger partial charge < -0.3 is 14.0 Å². The third kappa shape index (κ3) is 6.78. The summed E-state index contributed by atoms with van der Waals surface area (Å²) < 4.78 is 67.8. The molecule has 0 bridgehead atoms. The minimum absolute atomic E-state index is 0.0810. The first-order valence-electron chi connectivity index (χ1n) is 11.9. The van der Waals surface area contributed by atoms with E-state index in [1.807, 2.05) is 6.07 Å². The molecule has 3 aromatic rings. The van der Waals surface area contributed by atoms with Crippen molar-refractivity contribution in [1.82, 2.24) is 13.9 Å². The average Bonchev–Trinajstić information content (AvgIpc) is 3.53. The van der Waals surface area contributed by atoms with Gasteiger partial charge in [0.2, 0.25) is 25.0 Å². The summed E-state index contributed by atoms with van der Waals surface area (Å²) in [4.78, 5) is 4.33. The number of sulfonamides is 1. The zero-order valence-corrected chi connectivity index (χ0v) is 22.9. The zero-order valence-electron chi connectivity index (χ0n) is 20.5. The van der Waals surface area contributed by atoms with Gasteiger partial charge in [0.15, 0.2) is 0 Å². The maximum absolute atomic E-state index is 13.7. The molecule has 0 N–H and O–H groups in total.